The predicted molar refractivity (Wildman–Crippen MR) is 111 cm³/mol. The van der Waals surface area contributed by atoms with Crippen molar-refractivity contribution in [3.63, 3.8) is 0 Å². The summed E-state index contributed by atoms with van der Waals surface area (Å²) in [6, 6.07) is 15.7. The molecule has 1 aliphatic heterocycles. The zero-order valence-corrected chi connectivity index (χ0v) is 16.7. The third kappa shape index (κ3) is 4.14. The highest BCUT2D eigenvalue weighted by atomic mass is 32.1. The van der Waals surface area contributed by atoms with Crippen LogP contribution in [0.1, 0.15) is 23.9 Å². The standard InChI is InChI=1S/C22H20N2O4S/c1-14-22(27)24(10-9-21(25)26)18-12-16(7-8-19(18)28-14)17-13-29-20(23-17)11-15-5-3-2-4-6-15/h2-8,12-14H,9-11H2,1H3,(H,25,26). The molecular formula is C22H20N2O4S. The number of aliphatic carboxylic acids is 1. The van der Waals surface area contributed by atoms with Crippen LogP contribution in [0.2, 0.25) is 0 Å². The number of carboxylic acid groups (broad SMARTS) is 1. The molecule has 29 heavy (non-hydrogen) atoms. The van der Waals surface area contributed by atoms with Crippen molar-refractivity contribution in [2.24, 2.45) is 0 Å². The van der Waals surface area contributed by atoms with Crippen LogP contribution >= 0.6 is 11.3 Å². The summed E-state index contributed by atoms with van der Waals surface area (Å²) in [7, 11) is 0. The third-order valence-corrected chi connectivity index (χ3v) is 5.61. The molecule has 2 aromatic carbocycles. The summed E-state index contributed by atoms with van der Waals surface area (Å²) in [6.45, 7) is 1.78. The van der Waals surface area contributed by atoms with Gasteiger partial charge in [0.2, 0.25) is 0 Å². The minimum Gasteiger partial charge on any atom is -0.481 e. The Labute approximate surface area is 172 Å². The lowest BCUT2D eigenvalue weighted by Gasteiger charge is -2.33. The predicted octanol–water partition coefficient (Wildman–Crippen LogP) is 3.99. The fraction of sp³-hybridized carbons (Fsp3) is 0.227. The van der Waals surface area contributed by atoms with E-state index in [-0.39, 0.29) is 18.9 Å². The Kier molecular flexibility index (Phi) is 5.31. The van der Waals surface area contributed by atoms with Crippen molar-refractivity contribution in [3.8, 4) is 17.0 Å². The SMILES string of the molecule is CC1Oc2ccc(-c3csc(Cc4ccccc4)n3)cc2N(CCC(=O)O)C1=O. The van der Waals surface area contributed by atoms with Crippen LogP contribution in [0.5, 0.6) is 5.75 Å². The summed E-state index contributed by atoms with van der Waals surface area (Å²) >= 11 is 1.59. The van der Waals surface area contributed by atoms with Gasteiger partial charge >= 0.3 is 5.97 Å². The number of hydrogen-bond donors (Lipinski definition) is 1. The van der Waals surface area contributed by atoms with E-state index in [1.807, 2.05) is 41.8 Å². The molecule has 1 atom stereocenters. The fourth-order valence-electron chi connectivity index (χ4n) is 3.30. The molecule has 148 valence electrons. The number of nitrogens with zero attached hydrogens (tertiary/aromatic N) is 2. The molecule has 3 aromatic rings. The van der Waals surface area contributed by atoms with Gasteiger partial charge in [0.25, 0.3) is 5.91 Å². The maximum Gasteiger partial charge on any atom is 0.305 e. The lowest BCUT2D eigenvalue weighted by Crippen LogP contribution is -2.45. The second kappa shape index (κ2) is 8.05. The van der Waals surface area contributed by atoms with Gasteiger partial charge in [-0.2, -0.15) is 0 Å². The molecule has 0 radical (unpaired) electrons. The van der Waals surface area contributed by atoms with E-state index in [1.165, 1.54) is 10.5 Å². The van der Waals surface area contributed by atoms with E-state index < -0.39 is 12.1 Å². The van der Waals surface area contributed by atoms with Crippen LogP contribution in [0.3, 0.4) is 0 Å². The van der Waals surface area contributed by atoms with Gasteiger partial charge in [-0.05, 0) is 30.7 Å². The number of thiazole rings is 1. The monoisotopic (exact) mass is 408 g/mol. The van der Waals surface area contributed by atoms with Gasteiger partial charge in [-0.25, -0.2) is 4.98 Å². The van der Waals surface area contributed by atoms with Crippen LogP contribution in [0, 0.1) is 0 Å². The summed E-state index contributed by atoms with van der Waals surface area (Å²) < 4.78 is 5.70. The second-order valence-corrected chi connectivity index (χ2v) is 7.81. The fourth-order valence-corrected chi connectivity index (χ4v) is 4.14. The van der Waals surface area contributed by atoms with Crippen molar-refractivity contribution in [1.29, 1.82) is 0 Å². The molecule has 1 amide bonds. The molecule has 0 spiro atoms. The van der Waals surface area contributed by atoms with E-state index in [2.05, 4.69) is 12.1 Å². The number of aromatic nitrogens is 1. The Morgan fingerprint density at radius 3 is 2.79 bits per heavy atom. The molecule has 6 nitrogen and oxygen atoms in total. The molecule has 1 aliphatic rings. The van der Waals surface area contributed by atoms with Crippen LogP contribution < -0.4 is 9.64 Å². The van der Waals surface area contributed by atoms with Gasteiger partial charge in [-0.15, -0.1) is 11.3 Å². The Morgan fingerprint density at radius 2 is 2.03 bits per heavy atom. The Hall–Kier alpha value is -3.19. The molecule has 4 rings (SSSR count). The molecule has 0 saturated carbocycles. The van der Waals surface area contributed by atoms with Crippen molar-refractivity contribution >= 4 is 28.9 Å². The van der Waals surface area contributed by atoms with Crippen molar-refractivity contribution in [1.82, 2.24) is 4.98 Å². The number of hydrogen-bond acceptors (Lipinski definition) is 5. The number of carbonyl (C=O) groups is 2. The van der Waals surface area contributed by atoms with Gasteiger partial charge < -0.3 is 14.7 Å². The van der Waals surface area contributed by atoms with Crippen LogP contribution in [0.25, 0.3) is 11.3 Å². The Bertz CT molecular complexity index is 1050. The molecule has 0 aliphatic carbocycles. The lowest BCUT2D eigenvalue weighted by atomic mass is 10.1. The van der Waals surface area contributed by atoms with Crippen molar-refractivity contribution in [2.75, 3.05) is 11.4 Å². The first-order valence-corrected chi connectivity index (χ1v) is 10.2. The van der Waals surface area contributed by atoms with E-state index in [1.54, 1.807) is 18.3 Å². The molecular weight excluding hydrogens is 388 g/mol. The smallest absolute Gasteiger partial charge is 0.305 e. The topological polar surface area (TPSA) is 79.7 Å². The van der Waals surface area contributed by atoms with Crippen LogP contribution in [0.4, 0.5) is 5.69 Å². The van der Waals surface area contributed by atoms with Crippen LogP contribution in [-0.4, -0.2) is 34.6 Å². The number of rotatable bonds is 6. The maximum atomic E-state index is 12.6. The summed E-state index contributed by atoms with van der Waals surface area (Å²) in [4.78, 5) is 29.8. The minimum absolute atomic E-state index is 0.106. The molecule has 7 heteroatoms. The quantitative estimate of drug-likeness (QED) is 0.667. The van der Waals surface area contributed by atoms with E-state index in [0.717, 1.165) is 22.7 Å². The summed E-state index contributed by atoms with van der Waals surface area (Å²) in [6.07, 6.45) is -0.000680. The minimum atomic E-state index is -0.945. The molecule has 2 heterocycles. The van der Waals surface area contributed by atoms with E-state index in [4.69, 9.17) is 14.8 Å². The molecule has 1 unspecified atom stereocenters. The number of carbonyl (C=O) groups excluding carboxylic acids is 1. The number of carboxylic acids is 1. The van der Waals surface area contributed by atoms with Crippen molar-refractivity contribution < 1.29 is 19.4 Å². The highest BCUT2D eigenvalue weighted by Crippen LogP contribution is 2.38. The average molecular weight is 408 g/mol. The first kappa shape index (κ1) is 19.1. The van der Waals surface area contributed by atoms with Gasteiger partial charge in [0.05, 0.1) is 22.8 Å². The van der Waals surface area contributed by atoms with Gasteiger partial charge in [0.1, 0.15) is 5.75 Å². The van der Waals surface area contributed by atoms with Gasteiger partial charge in [-0.1, -0.05) is 30.3 Å². The summed E-state index contributed by atoms with van der Waals surface area (Å²) in [5.41, 5.74) is 3.48. The van der Waals surface area contributed by atoms with Crippen LogP contribution in [0.15, 0.2) is 53.9 Å². The normalized spacial score (nSPS) is 15.7. The molecule has 1 N–H and O–H groups in total. The summed E-state index contributed by atoms with van der Waals surface area (Å²) in [5, 5.41) is 12.0. The first-order chi connectivity index (χ1) is 14.0. The summed E-state index contributed by atoms with van der Waals surface area (Å²) in [5.74, 6) is -0.607. The zero-order chi connectivity index (χ0) is 20.4. The molecule has 0 saturated heterocycles. The van der Waals surface area contributed by atoms with E-state index in [9.17, 15) is 9.59 Å². The zero-order valence-electron chi connectivity index (χ0n) is 15.9. The number of fused-ring (bicyclic) bond motifs is 1. The van der Waals surface area contributed by atoms with Gasteiger partial charge in [0, 0.05) is 23.9 Å². The molecule has 0 bridgehead atoms. The van der Waals surface area contributed by atoms with Crippen molar-refractivity contribution in [2.45, 2.75) is 25.9 Å². The highest BCUT2D eigenvalue weighted by Gasteiger charge is 2.32. The molecule has 0 fully saturated rings. The van der Waals surface area contributed by atoms with Crippen molar-refractivity contribution in [3.05, 3.63) is 64.5 Å². The number of ether oxygens (including phenoxy) is 1. The highest BCUT2D eigenvalue weighted by molar-refractivity contribution is 7.10. The second-order valence-electron chi connectivity index (χ2n) is 6.87. The van der Waals surface area contributed by atoms with E-state index in [0.29, 0.717) is 11.4 Å². The Morgan fingerprint density at radius 1 is 1.24 bits per heavy atom. The van der Waals surface area contributed by atoms with Gasteiger partial charge in [-0.3, -0.25) is 9.59 Å². The maximum absolute atomic E-state index is 12.6. The number of anilines is 1. The van der Waals surface area contributed by atoms with Crippen LogP contribution in [-0.2, 0) is 16.0 Å². The lowest BCUT2D eigenvalue weighted by molar-refractivity contribution is -0.136. The first-order valence-electron chi connectivity index (χ1n) is 9.34. The number of amides is 1. The van der Waals surface area contributed by atoms with Gasteiger partial charge in [0.15, 0.2) is 6.10 Å². The number of benzene rings is 2. The Balaban J connectivity index is 1.62. The largest absolute Gasteiger partial charge is 0.481 e. The average Bonchev–Trinajstić information content (AvgIpc) is 3.17. The third-order valence-electron chi connectivity index (χ3n) is 4.76. The molecule has 1 aromatic heterocycles. The van der Waals surface area contributed by atoms with E-state index >= 15 is 0 Å².